The average molecular weight is 501 g/mol. The Morgan fingerprint density at radius 3 is 1.24 bits per heavy atom. The van der Waals surface area contributed by atoms with Crippen molar-refractivity contribution in [2.24, 2.45) is 5.41 Å². The monoisotopic (exact) mass is 500 g/mol. The predicted molar refractivity (Wildman–Crippen MR) is 157 cm³/mol. The molecule has 0 aliphatic heterocycles. The first-order chi connectivity index (χ1) is 16.4. The lowest BCUT2D eigenvalue weighted by Gasteiger charge is -2.27. The molecule has 1 aliphatic rings. The Morgan fingerprint density at radius 2 is 0.882 bits per heavy atom. The smallest absolute Gasteiger partial charge is 0.162 e. The van der Waals surface area contributed by atoms with Gasteiger partial charge in [0.05, 0.1) is 0 Å². The largest absolute Gasteiger partial charge is 0.297 e. The van der Waals surface area contributed by atoms with Crippen LogP contribution in [0.5, 0.6) is 0 Å². The van der Waals surface area contributed by atoms with E-state index in [4.69, 9.17) is 0 Å². The Kier molecular flexibility index (Phi) is 15.5. The third-order valence-corrected chi connectivity index (χ3v) is 18.5. The van der Waals surface area contributed by atoms with Crippen molar-refractivity contribution in [2.45, 2.75) is 161 Å². The zero-order chi connectivity index (χ0) is 25.3. The molecule has 0 heterocycles. The summed E-state index contributed by atoms with van der Waals surface area (Å²) in [4.78, 5) is 14.0. The second-order valence-corrected chi connectivity index (χ2v) is 20.8. The molecule has 3 heteroatoms. The van der Waals surface area contributed by atoms with Crippen LogP contribution in [0.25, 0.3) is 0 Å². The Labute approximate surface area is 216 Å². The van der Waals surface area contributed by atoms with Gasteiger partial charge >= 0.3 is 0 Å². The molecule has 1 rings (SSSR count). The fourth-order valence-electron chi connectivity index (χ4n) is 5.42. The number of carbonyl (C=O) groups excluding carboxylic acids is 1. The second kappa shape index (κ2) is 16.8. The van der Waals surface area contributed by atoms with Crippen molar-refractivity contribution in [2.75, 3.05) is 0 Å². The Balaban J connectivity index is 3.48. The molecule has 0 aromatic heterocycles. The lowest BCUT2D eigenvalue weighted by molar-refractivity contribution is -0.124. The van der Waals surface area contributed by atoms with Crippen LogP contribution in [0.1, 0.15) is 125 Å². The number of hydrogen-bond donors (Lipinski definition) is 0. The highest BCUT2D eigenvalue weighted by Crippen LogP contribution is 2.31. The van der Waals surface area contributed by atoms with Crippen molar-refractivity contribution < 1.29 is 4.79 Å². The van der Waals surface area contributed by atoms with E-state index in [1.807, 2.05) is 0 Å². The highest BCUT2D eigenvalue weighted by Gasteiger charge is 2.36. The van der Waals surface area contributed by atoms with E-state index in [1.54, 1.807) is 0 Å². The van der Waals surface area contributed by atoms with Gasteiger partial charge in [0.1, 0.15) is 21.6 Å². The van der Waals surface area contributed by atoms with Crippen molar-refractivity contribution in [3.8, 4) is 22.9 Å². The van der Waals surface area contributed by atoms with Crippen LogP contribution >= 0.6 is 0 Å². The third-order valence-electron chi connectivity index (χ3n) is 9.07. The summed E-state index contributed by atoms with van der Waals surface area (Å²) in [6, 6.07) is 7.10. The first kappa shape index (κ1) is 31.3. The molecule has 0 aromatic rings. The zero-order valence-corrected chi connectivity index (χ0v) is 25.8. The van der Waals surface area contributed by atoms with E-state index < -0.39 is 21.6 Å². The van der Waals surface area contributed by atoms with Crippen LogP contribution in [0.3, 0.4) is 0 Å². The van der Waals surface area contributed by atoms with Crippen molar-refractivity contribution in [3.05, 3.63) is 0 Å². The van der Waals surface area contributed by atoms with E-state index in [0.717, 1.165) is 19.3 Å². The molecule has 0 unspecified atom stereocenters. The van der Waals surface area contributed by atoms with Gasteiger partial charge in [-0.1, -0.05) is 118 Å². The normalized spacial score (nSPS) is 19.1. The SMILES string of the molecule is CC[Si](C#CC1(C#C[Si](CC)(CC)CC)CCCCCCCCCCCCCC1=O)(CC)CC. The number of Topliss-reactive ketones (excluding diaryl/α,β-unsaturated/α-hetero) is 1. The minimum atomic E-state index is -1.64. The molecule has 1 aliphatic carbocycles. The van der Waals surface area contributed by atoms with E-state index in [2.05, 4.69) is 64.5 Å². The maximum atomic E-state index is 14.0. The Bertz CT molecular complexity index is 640. The van der Waals surface area contributed by atoms with Gasteiger partial charge in [-0.05, 0) is 49.1 Å². The predicted octanol–water partition coefficient (Wildman–Crippen LogP) is 9.73. The van der Waals surface area contributed by atoms with Crippen LogP contribution in [0.15, 0.2) is 0 Å². The number of ketones is 1. The Hall–Kier alpha value is -0.776. The lowest BCUT2D eigenvalue weighted by atomic mass is 9.78. The summed E-state index contributed by atoms with van der Waals surface area (Å²) in [6.45, 7) is 13.9. The topological polar surface area (TPSA) is 17.1 Å². The van der Waals surface area contributed by atoms with Gasteiger partial charge in [-0.25, -0.2) is 0 Å². The third kappa shape index (κ3) is 9.70. The molecule has 0 spiro atoms. The van der Waals surface area contributed by atoms with Crippen molar-refractivity contribution in [1.82, 2.24) is 0 Å². The van der Waals surface area contributed by atoms with E-state index in [9.17, 15) is 4.79 Å². The molecule has 0 bridgehead atoms. The highest BCUT2D eigenvalue weighted by atomic mass is 28.3. The van der Waals surface area contributed by atoms with Gasteiger partial charge in [0.25, 0.3) is 0 Å². The first-order valence-corrected chi connectivity index (χ1v) is 20.3. The zero-order valence-electron chi connectivity index (χ0n) is 23.8. The van der Waals surface area contributed by atoms with E-state index in [-0.39, 0.29) is 0 Å². The van der Waals surface area contributed by atoms with Gasteiger partial charge in [-0.3, -0.25) is 4.79 Å². The fourth-order valence-corrected chi connectivity index (χ4v) is 10.4. The Morgan fingerprint density at radius 1 is 0.559 bits per heavy atom. The van der Waals surface area contributed by atoms with E-state index >= 15 is 0 Å². The van der Waals surface area contributed by atoms with E-state index in [1.165, 1.54) is 94.1 Å². The van der Waals surface area contributed by atoms with E-state index in [0.29, 0.717) is 12.2 Å². The summed E-state index contributed by atoms with van der Waals surface area (Å²) >= 11 is 0. The van der Waals surface area contributed by atoms with Crippen LogP contribution in [0, 0.1) is 28.3 Å². The van der Waals surface area contributed by atoms with Crippen LogP contribution in [0.2, 0.25) is 36.3 Å². The molecule has 0 N–H and O–H groups in total. The standard InChI is InChI=1S/C31H56OSi2/c1-7-33(8-2,9-3)28-26-31(27-29-34(10-4,11-5)12-6)25-23-21-19-17-15-13-14-16-18-20-22-24-30(31)32/h7-25H2,1-6H3. The molecular formula is C31H56OSi2. The lowest BCUT2D eigenvalue weighted by Crippen LogP contribution is -2.35. The number of carbonyl (C=O) groups is 1. The van der Waals surface area contributed by atoms with Crippen molar-refractivity contribution >= 4 is 21.9 Å². The van der Waals surface area contributed by atoms with Gasteiger partial charge < -0.3 is 0 Å². The summed E-state index contributed by atoms with van der Waals surface area (Å²) in [7, 11) is -3.28. The van der Waals surface area contributed by atoms with Crippen molar-refractivity contribution in [1.29, 1.82) is 0 Å². The first-order valence-electron chi connectivity index (χ1n) is 15.0. The minimum absolute atomic E-state index is 0.347. The molecule has 194 valence electrons. The molecule has 0 atom stereocenters. The average Bonchev–Trinajstić information content (AvgIpc) is 2.88. The molecule has 1 nitrogen and oxygen atoms in total. The highest BCUT2D eigenvalue weighted by molar-refractivity contribution is 6.87. The van der Waals surface area contributed by atoms with Crippen LogP contribution in [-0.2, 0) is 4.79 Å². The molecular weight excluding hydrogens is 445 g/mol. The number of rotatable bonds is 6. The number of hydrogen-bond acceptors (Lipinski definition) is 1. The molecule has 1 fully saturated rings. The van der Waals surface area contributed by atoms with Gasteiger partial charge in [0, 0.05) is 6.42 Å². The minimum Gasteiger partial charge on any atom is -0.297 e. The second-order valence-electron chi connectivity index (χ2n) is 10.9. The van der Waals surface area contributed by atoms with Crippen LogP contribution < -0.4 is 0 Å². The summed E-state index contributed by atoms with van der Waals surface area (Å²) in [6.07, 6.45) is 15.4. The van der Waals surface area contributed by atoms with Gasteiger partial charge in [0.2, 0.25) is 0 Å². The van der Waals surface area contributed by atoms with Gasteiger partial charge in [0.15, 0.2) is 5.78 Å². The fraction of sp³-hybridized carbons (Fsp3) is 0.839. The van der Waals surface area contributed by atoms with Gasteiger partial charge in [-0.2, -0.15) is 0 Å². The van der Waals surface area contributed by atoms with Crippen molar-refractivity contribution in [3.63, 3.8) is 0 Å². The molecule has 0 aromatic carbocycles. The molecule has 0 amide bonds. The summed E-state index contributed by atoms with van der Waals surface area (Å²) < 4.78 is 0. The van der Waals surface area contributed by atoms with Crippen LogP contribution in [-0.4, -0.2) is 21.9 Å². The summed E-state index contributed by atoms with van der Waals surface area (Å²) in [5, 5.41) is 0. The summed E-state index contributed by atoms with van der Waals surface area (Å²) in [5.74, 6) is 7.80. The molecule has 34 heavy (non-hydrogen) atoms. The maximum absolute atomic E-state index is 14.0. The quantitative estimate of drug-likeness (QED) is 0.262. The summed E-state index contributed by atoms with van der Waals surface area (Å²) in [5.41, 5.74) is 6.97. The molecule has 1 saturated carbocycles. The van der Waals surface area contributed by atoms with Crippen LogP contribution in [0.4, 0.5) is 0 Å². The molecule has 0 saturated heterocycles. The van der Waals surface area contributed by atoms with Gasteiger partial charge in [-0.15, -0.1) is 11.1 Å². The molecule has 0 radical (unpaired) electrons. The maximum Gasteiger partial charge on any atom is 0.162 e.